The average molecular weight is 351 g/mol. The number of amides is 1. The third-order valence-electron chi connectivity index (χ3n) is 4.98. The average Bonchev–Trinajstić information content (AvgIpc) is 2.72. The number of hydrogen-bond donors (Lipinski definition) is 1. The van der Waals surface area contributed by atoms with Crippen molar-refractivity contribution in [3.8, 4) is 5.75 Å². The molecule has 1 aliphatic rings. The zero-order valence-corrected chi connectivity index (χ0v) is 15.1. The first-order chi connectivity index (χ1) is 12.7. The van der Waals surface area contributed by atoms with Gasteiger partial charge in [-0.25, -0.2) is 0 Å². The van der Waals surface area contributed by atoms with Gasteiger partial charge in [-0.2, -0.15) is 0 Å². The second kappa shape index (κ2) is 8.68. The van der Waals surface area contributed by atoms with Gasteiger partial charge in [0, 0.05) is 31.2 Å². The van der Waals surface area contributed by atoms with Crippen LogP contribution in [-0.2, 0) is 14.9 Å². The van der Waals surface area contributed by atoms with Crippen molar-refractivity contribution in [2.75, 3.05) is 26.9 Å². The van der Waals surface area contributed by atoms with Crippen LogP contribution in [-0.4, -0.2) is 32.8 Å². The Hall–Kier alpha value is -2.59. The van der Waals surface area contributed by atoms with E-state index in [-0.39, 0.29) is 11.3 Å². The van der Waals surface area contributed by atoms with E-state index in [0.29, 0.717) is 6.54 Å². The Labute approximate surface area is 154 Å². The van der Waals surface area contributed by atoms with Gasteiger partial charge < -0.3 is 14.8 Å². The second-order valence-corrected chi connectivity index (χ2v) is 6.58. The van der Waals surface area contributed by atoms with Crippen molar-refractivity contribution in [2.45, 2.75) is 18.3 Å². The molecule has 1 fully saturated rings. The highest BCUT2D eigenvalue weighted by molar-refractivity contribution is 5.91. The minimum Gasteiger partial charge on any atom is -0.497 e. The Morgan fingerprint density at radius 2 is 1.81 bits per heavy atom. The fourth-order valence-electron chi connectivity index (χ4n) is 3.32. The van der Waals surface area contributed by atoms with Gasteiger partial charge in [-0.15, -0.1) is 0 Å². The largest absolute Gasteiger partial charge is 0.497 e. The minimum atomic E-state index is -0.0809. The molecule has 4 heteroatoms. The van der Waals surface area contributed by atoms with Gasteiger partial charge >= 0.3 is 0 Å². The summed E-state index contributed by atoms with van der Waals surface area (Å²) in [5.74, 6) is 0.721. The molecule has 0 aromatic heterocycles. The van der Waals surface area contributed by atoms with E-state index in [2.05, 4.69) is 29.6 Å². The number of ether oxygens (including phenoxy) is 2. The van der Waals surface area contributed by atoms with E-state index in [1.165, 1.54) is 5.56 Å². The third kappa shape index (κ3) is 4.52. The minimum absolute atomic E-state index is 0.0525. The number of carbonyl (C=O) groups is 1. The van der Waals surface area contributed by atoms with Gasteiger partial charge in [0.15, 0.2) is 0 Å². The topological polar surface area (TPSA) is 47.6 Å². The summed E-state index contributed by atoms with van der Waals surface area (Å²) in [6.07, 6.45) is 5.23. The number of hydrogen-bond acceptors (Lipinski definition) is 3. The van der Waals surface area contributed by atoms with Crippen molar-refractivity contribution in [1.82, 2.24) is 5.32 Å². The highest BCUT2D eigenvalue weighted by atomic mass is 16.5. The maximum absolute atomic E-state index is 12.3. The van der Waals surface area contributed by atoms with E-state index in [4.69, 9.17) is 9.47 Å². The van der Waals surface area contributed by atoms with E-state index in [9.17, 15) is 4.79 Å². The molecule has 1 aliphatic heterocycles. The van der Waals surface area contributed by atoms with Crippen LogP contribution in [0.15, 0.2) is 60.7 Å². The molecule has 0 spiro atoms. The predicted octanol–water partition coefficient (Wildman–Crippen LogP) is 3.57. The normalized spacial score (nSPS) is 16.3. The molecule has 1 N–H and O–H groups in total. The predicted molar refractivity (Wildman–Crippen MR) is 103 cm³/mol. The summed E-state index contributed by atoms with van der Waals surface area (Å²) >= 11 is 0. The van der Waals surface area contributed by atoms with Crippen molar-refractivity contribution >= 4 is 12.0 Å². The monoisotopic (exact) mass is 351 g/mol. The first kappa shape index (κ1) is 18.2. The lowest BCUT2D eigenvalue weighted by Gasteiger charge is -2.37. The van der Waals surface area contributed by atoms with Crippen LogP contribution in [0.5, 0.6) is 5.75 Å². The van der Waals surface area contributed by atoms with Gasteiger partial charge in [0.05, 0.1) is 7.11 Å². The van der Waals surface area contributed by atoms with Crippen LogP contribution in [0.2, 0.25) is 0 Å². The standard InChI is InChI=1S/C22H25NO3/c1-25-20-10-7-18(8-11-20)9-12-21(24)23-17-22(13-15-26-16-14-22)19-5-3-2-4-6-19/h2-12H,13-17H2,1H3,(H,23,24). The quantitative estimate of drug-likeness (QED) is 0.810. The number of carbonyl (C=O) groups excluding carboxylic acids is 1. The lowest BCUT2D eigenvalue weighted by molar-refractivity contribution is -0.116. The lowest BCUT2D eigenvalue weighted by atomic mass is 9.74. The van der Waals surface area contributed by atoms with Crippen molar-refractivity contribution in [2.24, 2.45) is 0 Å². The van der Waals surface area contributed by atoms with Crippen LogP contribution in [0, 0.1) is 0 Å². The molecular formula is C22H25NO3. The molecule has 4 nitrogen and oxygen atoms in total. The molecule has 1 saturated heterocycles. The highest BCUT2D eigenvalue weighted by Gasteiger charge is 2.34. The maximum Gasteiger partial charge on any atom is 0.244 e. The Bertz CT molecular complexity index is 732. The Balaban J connectivity index is 1.63. The number of rotatable bonds is 6. The lowest BCUT2D eigenvalue weighted by Crippen LogP contribution is -2.44. The van der Waals surface area contributed by atoms with E-state index in [0.717, 1.165) is 37.4 Å². The SMILES string of the molecule is COc1ccc(C=CC(=O)NCC2(c3ccccc3)CCOCC2)cc1. The van der Waals surface area contributed by atoms with Crippen molar-refractivity contribution in [3.05, 3.63) is 71.8 Å². The first-order valence-corrected chi connectivity index (χ1v) is 8.95. The van der Waals surface area contributed by atoms with Crippen LogP contribution in [0.4, 0.5) is 0 Å². The molecule has 0 bridgehead atoms. The molecule has 136 valence electrons. The molecule has 0 radical (unpaired) electrons. The maximum atomic E-state index is 12.3. The van der Waals surface area contributed by atoms with Gasteiger partial charge in [0.25, 0.3) is 0 Å². The summed E-state index contributed by atoms with van der Waals surface area (Å²) < 4.78 is 10.7. The number of nitrogens with one attached hydrogen (secondary N) is 1. The highest BCUT2D eigenvalue weighted by Crippen LogP contribution is 2.34. The smallest absolute Gasteiger partial charge is 0.244 e. The van der Waals surface area contributed by atoms with Gasteiger partial charge in [0.2, 0.25) is 5.91 Å². The number of methoxy groups -OCH3 is 1. The Morgan fingerprint density at radius 3 is 2.46 bits per heavy atom. The zero-order valence-electron chi connectivity index (χ0n) is 15.1. The van der Waals surface area contributed by atoms with Crippen LogP contribution in [0.1, 0.15) is 24.0 Å². The van der Waals surface area contributed by atoms with Gasteiger partial charge in [-0.1, -0.05) is 42.5 Å². The zero-order chi connectivity index (χ0) is 18.2. The van der Waals surface area contributed by atoms with Crippen molar-refractivity contribution in [1.29, 1.82) is 0 Å². The van der Waals surface area contributed by atoms with Gasteiger partial charge in [0.1, 0.15) is 5.75 Å². The van der Waals surface area contributed by atoms with E-state index in [1.807, 2.05) is 36.4 Å². The molecule has 0 atom stereocenters. The molecule has 3 rings (SSSR count). The first-order valence-electron chi connectivity index (χ1n) is 8.95. The van der Waals surface area contributed by atoms with Crippen molar-refractivity contribution in [3.63, 3.8) is 0 Å². The molecular weight excluding hydrogens is 326 g/mol. The van der Waals surface area contributed by atoms with E-state index < -0.39 is 0 Å². The molecule has 0 unspecified atom stereocenters. The fraction of sp³-hybridized carbons (Fsp3) is 0.318. The number of benzene rings is 2. The van der Waals surface area contributed by atoms with Gasteiger partial charge in [-0.3, -0.25) is 4.79 Å². The van der Waals surface area contributed by atoms with Crippen molar-refractivity contribution < 1.29 is 14.3 Å². The molecule has 0 saturated carbocycles. The third-order valence-corrected chi connectivity index (χ3v) is 4.98. The summed E-state index contributed by atoms with van der Waals surface area (Å²) in [7, 11) is 1.64. The van der Waals surface area contributed by atoms with Crippen LogP contribution in [0.25, 0.3) is 6.08 Å². The summed E-state index contributed by atoms with van der Waals surface area (Å²) in [6, 6.07) is 18.0. The molecule has 1 heterocycles. The molecule has 2 aromatic rings. The second-order valence-electron chi connectivity index (χ2n) is 6.58. The van der Waals surface area contributed by atoms with Crippen LogP contribution in [0.3, 0.4) is 0 Å². The molecule has 0 aliphatic carbocycles. The Kier molecular flexibility index (Phi) is 6.08. The summed E-state index contributed by atoms with van der Waals surface area (Å²) in [5.41, 5.74) is 2.18. The Morgan fingerprint density at radius 1 is 1.12 bits per heavy atom. The summed E-state index contributed by atoms with van der Waals surface area (Å²) in [4.78, 5) is 12.3. The van der Waals surface area contributed by atoms with Gasteiger partial charge in [-0.05, 0) is 42.2 Å². The fourth-order valence-corrected chi connectivity index (χ4v) is 3.32. The van der Waals surface area contributed by atoms with E-state index >= 15 is 0 Å². The molecule has 2 aromatic carbocycles. The summed E-state index contributed by atoms with van der Waals surface area (Å²) in [6.45, 7) is 2.07. The molecule has 1 amide bonds. The molecule has 26 heavy (non-hydrogen) atoms. The summed E-state index contributed by atoms with van der Waals surface area (Å²) in [5, 5.41) is 3.08. The van der Waals surface area contributed by atoms with E-state index in [1.54, 1.807) is 13.2 Å². The van der Waals surface area contributed by atoms with Crippen LogP contribution >= 0.6 is 0 Å². The van der Waals surface area contributed by atoms with Crippen LogP contribution < -0.4 is 10.1 Å².